The summed E-state index contributed by atoms with van der Waals surface area (Å²) in [5.41, 5.74) is 2.72. The second-order valence-corrected chi connectivity index (χ2v) is 9.07. The molecule has 2 aromatic rings. The maximum Gasteiger partial charge on any atom is 0.267 e. The predicted octanol–water partition coefficient (Wildman–Crippen LogP) is 1.39. The van der Waals surface area contributed by atoms with Gasteiger partial charge in [-0.05, 0) is 50.6 Å². The molecule has 1 unspecified atom stereocenters. The molecule has 4 heterocycles. The van der Waals surface area contributed by atoms with Crippen LogP contribution in [0.2, 0.25) is 0 Å². The zero-order valence-electron chi connectivity index (χ0n) is 18.6. The molecule has 0 aromatic carbocycles. The lowest BCUT2D eigenvalue weighted by atomic mass is 9.97. The molecule has 1 fully saturated rings. The number of hydrogen-bond donors (Lipinski definition) is 1. The molecule has 0 spiro atoms. The van der Waals surface area contributed by atoms with Crippen LogP contribution in [0, 0.1) is 0 Å². The molecule has 1 saturated heterocycles. The van der Waals surface area contributed by atoms with Gasteiger partial charge >= 0.3 is 0 Å². The third-order valence-corrected chi connectivity index (χ3v) is 6.91. The maximum atomic E-state index is 12.8. The van der Waals surface area contributed by atoms with E-state index in [1.165, 1.54) is 0 Å². The summed E-state index contributed by atoms with van der Waals surface area (Å²) in [6.07, 6.45) is 10.1. The molecule has 2 aromatic heterocycles. The summed E-state index contributed by atoms with van der Waals surface area (Å²) in [6, 6.07) is 2.04. The zero-order valence-corrected chi connectivity index (χ0v) is 18.6. The van der Waals surface area contributed by atoms with Crippen LogP contribution in [0.5, 0.6) is 5.88 Å². The Hall–Kier alpha value is -2.68. The lowest BCUT2D eigenvalue weighted by molar-refractivity contribution is 0.0903. The van der Waals surface area contributed by atoms with E-state index < -0.39 is 0 Å². The third-order valence-electron chi connectivity index (χ3n) is 6.91. The van der Waals surface area contributed by atoms with Crippen molar-refractivity contribution in [1.82, 2.24) is 29.8 Å². The minimum Gasteiger partial charge on any atom is -0.477 e. The minimum absolute atomic E-state index is 0.00139. The highest BCUT2D eigenvalue weighted by atomic mass is 16.5. The Bertz CT molecular complexity index is 1030. The summed E-state index contributed by atoms with van der Waals surface area (Å²) >= 11 is 0. The van der Waals surface area contributed by atoms with E-state index in [0.717, 1.165) is 82.3 Å². The smallest absolute Gasteiger partial charge is 0.267 e. The molecule has 2 aliphatic heterocycles. The number of fused-ring (bicyclic) bond motifs is 2. The van der Waals surface area contributed by atoms with Gasteiger partial charge in [-0.3, -0.25) is 14.5 Å². The number of carbonyl (C=O) groups excluding carboxylic acids is 1. The zero-order chi connectivity index (χ0) is 21.9. The average molecular weight is 441 g/mol. The molecule has 9 nitrogen and oxygen atoms in total. The van der Waals surface area contributed by atoms with Crippen LogP contribution in [-0.2, 0) is 25.9 Å². The van der Waals surface area contributed by atoms with Crippen molar-refractivity contribution in [3.63, 3.8) is 0 Å². The van der Waals surface area contributed by atoms with E-state index in [2.05, 4.69) is 20.4 Å². The number of nitrogens with one attached hydrogen (secondary N) is 1. The molecule has 0 radical (unpaired) electrons. The molecule has 0 saturated carbocycles. The van der Waals surface area contributed by atoms with Crippen LogP contribution in [0.25, 0.3) is 0 Å². The molecule has 1 amide bonds. The molecule has 3 aliphatic rings. The summed E-state index contributed by atoms with van der Waals surface area (Å²) in [4.78, 5) is 27.7. The molecule has 1 atom stereocenters. The lowest BCUT2D eigenvalue weighted by Crippen LogP contribution is -2.48. The van der Waals surface area contributed by atoms with Crippen LogP contribution in [0.15, 0.2) is 17.1 Å². The third kappa shape index (κ3) is 4.44. The number of aromatic nitrogens is 4. The Morgan fingerprint density at radius 3 is 2.97 bits per heavy atom. The quantitative estimate of drug-likeness (QED) is 0.730. The molecule has 5 rings (SSSR count). The van der Waals surface area contributed by atoms with Crippen LogP contribution >= 0.6 is 0 Å². The van der Waals surface area contributed by atoms with Crippen LogP contribution in [0.4, 0.5) is 0 Å². The van der Waals surface area contributed by atoms with E-state index in [1.54, 1.807) is 21.6 Å². The average Bonchev–Trinajstić information content (AvgIpc) is 3.26. The van der Waals surface area contributed by atoms with Crippen molar-refractivity contribution in [2.24, 2.45) is 0 Å². The van der Waals surface area contributed by atoms with Crippen molar-refractivity contribution in [2.75, 3.05) is 26.2 Å². The van der Waals surface area contributed by atoms with Gasteiger partial charge < -0.3 is 10.1 Å². The van der Waals surface area contributed by atoms with Crippen molar-refractivity contribution >= 4 is 5.91 Å². The monoisotopic (exact) mass is 440 g/mol. The van der Waals surface area contributed by atoms with Gasteiger partial charge in [0, 0.05) is 38.2 Å². The number of rotatable bonds is 6. The van der Waals surface area contributed by atoms with E-state index in [0.29, 0.717) is 31.1 Å². The summed E-state index contributed by atoms with van der Waals surface area (Å²) in [7, 11) is 0. The second kappa shape index (κ2) is 9.44. The van der Waals surface area contributed by atoms with Crippen LogP contribution < -0.4 is 15.6 Å². The molecule has 32 heavy (non-hydrogen) atoms. The van der Waals surface area contributed by atoms with Gasteiger partial charge in [0.25, 0.3) is 11.5 Å². The van der Waals surface area contributed by atoms with Gasteiger partial charge in [-0.2, -0.15) is 10.2 Å². The van der Waals surface area contributed by atoms with Crippen molar-refractivity contribution in [3.8, 4) is 5.88 Å². The Labute approximate surface area is 187 Å². The molecule has 1 aliphatic carbocycles. The highest BCUT2D eigenvalue weighted by Crippen LogP contribution is 2.23. The standard InChI is InChI=1S/C23H32N6O3/c30-21-14-17-6-1-2-8-20(17)26-28(21)12-11-27-9-4-3-7-18(27)15-24-22(31)19-16-25-29-10-5-13-32-23(19)29/h14,16,18H,1-13,15H2,(H,24,31). The first-order chi connectivity index (χ1) is 15.7. The number of amides is 1. The van der Waals surface area contributed by atoms with E-state index >= 15 is 0 Å². The van der Waals surface area contributed by atoms with E-state index in [9.17, 15) is 9.59 Å². The van der Waals surface area contributed by atoms with Gasteiger partial charge in [0.05, 0.1) is 25.0 Å². The van der Waals surface area contributed by atoms with Gasteiger partial charge in [0.15, 0.2) is 0 Å². The van der Waals surface area contributed by atoms with Gasteiger partial charge in [-0.1, -0.05) is 6.42 Å². The Morgan fingerprint density at radius 2 is 2.03 bits per heavy atom. The van der Waals surface area contributed by atoms with Crippen molar-refractivity contribution in [1.29, 1.82) is 0 Å². The fraction of sp³-hybridized carbons (Fsp3) is 0.652. The first kappa shape index (κ1) is 21.2. The predicted molar refractivity (Wildman–Crippen MR) is 119 cm³/mol. The van der Waals surface area contributed by atoms with Gasteiger partial charge in [0.2, 0.25) is 5.88 Å². The van der Waals surface area contributed by atoms with Crippen LogP contribution in [0.3, 0.4) is 0 Å². The molecular formula is C23H32N6O3. The number of carbonyl (C=O) groups is 1. The van der Waals surface area contributed by atoms with E-state index in [4.69, 9.17) is 4.74 Å². The minimum atomic E-state index is -0.133. The maximum absolute atomic E-state index is 12.8. The Morgan fingerprint density at radius 1 is 1.12 bits per heavy atom. The highest BCUT2D eigenvalue weighted by Gasteiger charge is 2.26. The van der Waals surface area contributed by atoms with Gasteiger partial charge in [-0.15, -0.1) is 0 Å². The van der Waals surface area contributed by atoms with E-state index in [-0.39, 0.29) is 17.5 Å². The molecule has 1 N–H and O–H groups in total. The summed E-state index contributed by atoms with van der Waals surface area (Å²) in [6.45, 7) is 4.32. The number of hydrogen-bond acceptors (Lipinski definition) is 6. The first-order valence-corrected chi connectivity index (χ1v) is 12.0. The second-order valence-electron chi connectivity index (χ2n) is 9.07. The van der Waals surface area contributed by atoms with E-state index in [1.807, 2.05) is 0 Å². The summed E-state index contributed by atoms with van der Waals surface area (Å²) in [5, 5.41) is 12.0. The largest absolute Gasteiger partial charge is 0.477 e. The molecule has 172 valence electrons. The number of nitrogens with zero attached hydrogens (tertiary/aromatic N) is 5. The highest BCUT2D eigenvalue weighted by molar-refractivity contribution is 5.96. The number of ether oxygens (including phenoxy) is 1. The summed E-state index contributed by atoms with van der Waals surface area (Å²) < 4.78 is 9.05. The Balaban J connectivity index is 1.20. The lowest BCUT2D eigenvalue weighted by Gasteiger charge is -2.35. The molecule has 0 bridgehead atoms. The SMILES string of the molecule is O=C(NCC1CCCCN1CCn1nc2c(cc1=O)CCCC2)c1cnn2c1OCCC2. The van der Waals surface area contributed by atoms with Crippen molar-refractivity contribution in [3.05, 3.63) is 39.4 Å². The number of likely N-dealkylation sites (tertiary alicyclic amines) is 1. The van der Waals surface area contributed by atoms with Gasteiger partial charge in [-0.25, -0.2) is 9.36 Å². The van der Waals surface area contributed by atoms with Gasteiger partial charge in [0.1, 0.15) is 5.56 Å². The fourth-order valence-electron chi connectivity index (χ4n) is 5.10. The van der Waals surface area contributed by atoms with Crippen molar-refractivity contribution in [2.45, 2.75) is 70.5 Å². The van der Waals surface area contributed by atoms with Crippen LogP contribution in [-0.4, -0.2) is 62.7 Å². The van der Waals surface area contributed by atoms with Crippen LogP contribution in [0.1, 0.15) is 60.1 Å². The normalized spacial score (nSPS) is 20.8. The number of piperidine rings is 1. The topological polar surface area (TPSA) is 94.3 Å². The van der Waals surface area contributed by atoms with Crippen molar-refractivity contribution < 1.29 is 9.53 Å². The first-order valence-electron chi connectivity index (χ1n) is 12.0. The molecule has 9 heteroatoms. The fourth-order valence-corrected chi connectivity index (χ4v) is 5.10. The number of aryl methyl sites for hydroxylation is 3. The molecular weight excluding hydrogens is 408 g/mol. The summed E-state index contributed by atoms with van der Waals surface area (Å²) in [5.74, 6) is 0.443. The Kier molecular flexibility index (Phi) is 6.25.